The van der Waals surface area contributed by atoms with Crippen molar-refractivity contribution in [3.05, 3.63) is 52.2 Å². The van der Waals surface area contributed by atoms with Crippen molar-refractivity contribution in [2.75, 3.05) is 19.8 Å². The van der Waals surface area contributed by atoms with Crippen molar-refractivity contribution in [3.63, 3.8) is 0 Å². The van der Waals surface area contributed by atoms with Crippen molar-refractivity contribution < 1.29 is 14.3 Å². The molecule has 0 fully saturated rings. The molecule has 23 heavy (non-hydrogen) atoms. The van der Waals surface area contributed by atoms with E-state index in [2.05, 4.69) is 11.4 Å². The lowest BCUT2D eigenvalue weighted by Gasteiger charge is -2.18. The highest BCUT2D eigenvalue weighted by Crippen LogP contribution is 2.31. The van der Waals surface area contributed by atoms with Crippen LogP contribution >= 0.6 is 11.3 Å². The Morgan fingerprint density at radius 2 is 2.09 bits per heavy atom. The van der Waals surface area contributed by atoms with Crippen LogP contribution in [-0.4, -0.2) is 25.7 Å². The number of fused-ring (bicyclic) bond motifs is 1. The Kier molecular flexibility index (Phi) is 5.32. The molecule has 5 heteroatoms. The molecular formula is C18H19NO3S. The number of hydrogen-bond donors (Lipinski definition) is 1. The molecule has 4 nitrogen and oxygen atoms in total. The minimum atomic E-state index is 0.0696. The van der Waals surface area contributed by atoms with Gasteiger partial charge in [0, 0.05) is 11.4 Å². The lowest BCUT2D eigenvalue weighted by atomic mass is 10.1. The van der Waals surface area contributed by atoms with Crippen LogP contribution in [0.4, 0.5) is 0 Å². The molecule has 120 valence electrons. The summed E-state index contributed by atoms with van der Waals surface area (Å²) in [4.78, 5) is 12.8. The monoisotopic (exact) mass is 329 g/mol. The molecule has 0 atom stereocenters. The molecule has 0 bridgehead atoms. The van der Waals surface area contributed by atoms with E-state index in [1.54, 1.807) is 11.3 Å². The van der Waals surface area contributed by atoms with Gasteiger partial charge in [0.1, 0.15) is 13.2 Å². The molecule has 2 aromatic rings. The third-order valence-electron chi connectivity index (χ3n) is 3.42. The standard InChI is InChI=1S/C18H19NO3S/c20-18(13-15-5-3-11-23-15)19-8-2-1-4-14-6-7-16-17(12-14)22-10-9-21-16/h1,3-7,11-12H,2,8-10,13H2,(H,19,20)/b4-1+. The van der Waals surface area contributed by atoms with Crippen LogP contribution in [0.15, 0.2) is 41.8 Å². The average Bonchev–Trinajstić information content (AvgIpc) is 3.07. The molecule has 0 saturated heterocycles. The highest BCUT2D eigenvalue weighted by Gasteiger charge is 2.10. The smallest absolute Gasteiger partial charge is 0.225 e. The molecule has 0 aliphatic carbocycles. The van der Waals surface area contributed by atoms with Gasteiger partial charge in [-0.2, -0.15) is 0 Å². The van der Waals surface area contributed by atoms with Gasteiger partial charge in [0.15, 0.2) is 11.5 Å². The zero-order valence-corrected chi connectivity index (χ0v) is 13.6. The molecule has 3 rings (SSSR count). The van der Waals surface area contributed by atoms with Crippen LogP contribution in [0.25, 0.3) is 6.08 Å². The van der Waals surface area contributed by atoms with Crippen molar-refractivity contribution in [2.24, 2.45) is 0 Å². The minimum absolute atomic E-state index is 0.0696. The Balaban J connectivity index is 1.41. The second-order valence-corrected chi connectivity index (χ2v) is 6.23. The number of ether oxygens (including phenoxy) is 2. The van der Waals surface area contributed by atoms with Crippen molar-refractivity contribution >= 4 is 23.3 Å². The molecule has 0 spiro atoms. The van der Waals surface area contributed by atoms with Crippen LogP contribution in [0.5, 0.6) is 11.5 Å². The zero-order valence-electron chi connectivity index (χ0n) is 12.8. The summed E-state index contributed by atoms with van der Waals surface area (Å²) in [7, 11) is 0. The van der Waals surface area contributed by atoms with Crippen molar-refractivity contribution in [1.82, 2.24) is 5.32 Å². The van der Waals surface area contributed by atoms with Crippen LogP contribution in [0, 0.1) is 0 Å². The normalized spacial score (nSPS) is 13.2. The van der Waals surface area contributed by atoms with E-state index in [4.69, 9.17) is 9.47 Å². The number of thiophene rings is 1. The highest BCUT2D eigenvalue weighted by atomic mass is 32.1. The van der Waals surface area contributed by atoms with E-state index in [9.17, 15) is 4.79 Å². The molecule has 0 unspecified atom stereocenters. The fourth-order valence-corrected chi connectivity index (χ4v) is 3.02. The van der Waals surface area contributed by atoms with Gasteiger partial charge in [-0.1, -0.05) is 24.3 Å². The number of hydrogen-bond acceptors (Lipinski definition) is 4. The predicted molar refractivity (Wildman–Crippen MR) is 92.1 cm³/mol. The van der Waals surface area contributed by atoms with Gasteiger partial charge in [-0.25, -0.2) is 0 Å². The molecule has 1 aromatic carbocycles. The van der Waals surface area contributed by atoms with Crippen molar-refractivity contribution in [3.8, 4) is 11.5 Å². The molecule has 1 aliphatic heterocycles. The maximum atomic E-state index is 11.7. The Morgan fingerprint density at radius 3 is 2.91 bits per heavy atom. The molecular weight excluding hydrogens is 310 g/mol. The molecule has 1 aromatic heterocycles. The SMILES string of the molecule is O=C(Cc1cccs1)NCC/C=C/c1ccc2c(c1)OCCO2. The summed E-state index contributed by atoms with van der Waals surface area (Å²) in [6.45, 7) is 1.84. The molecule has 1 aliphatic rings. The van der Waals surface area contributed by atoms with Crippen LogP contribution in [0.1, 0.15) is 16.9 Å². The maximum Gasteiger partial charge on any atom is 0.225 e. The van der Waals surface area contributed by atoms with Gasteiger partial charge in [0.25, 0.3) is 0 Å². The number of benzene rings is 1. The van der Waals surface area contributed by atoms with E-state index in [1.807, 2.05) is 41.8 Å². The summed E-state index contributed by atoms with van der Waals surface area (Å²) in [5, 5.41) is 4.91. The quantitative estimate of drug-likeness (QED) is 0.827. The van der Waals surface area contributed by atoms with Gasteiger partial charge in [0.05, 0.1) is 6.42 Å². The van der Waals surface area contributed by atoms with Gasteiger partial charge in [0.2, 0.25) is 5.91 Å². The first kappa shape index (κ1) is 15.6. The Morgan fingerprint density at radius 1 is 1.22 bits per heavy atom. The third kappa shape index (κ3) is 4.60. The topological polar surface area (TPSA) is 47.6 Å². The first-order valence-corrected chi connectivity index (χ1v) is 8.54. The summed E-state index contributed by atoms with van der Waals surface area (Å²) in [5.74, 6) is 1.66. The number of carbonyl (C=O) groups is 1. The fourth-order valence-electron chi connectivity index (χ4n) is 2.31. The molecule has 0 radical (unpaired) electrons. The van der Waals surface area contributed by atoms with Gasteiger partial charge in [-0.3, -0.25) is 4.79 Å². The lowest BCUT2D eigenvalue weighted by Crippen LogP contribution is -2.25. The van der Waals surface area contributed by atoms with Gasteiger partial charge in [-0.05, 0) is 35.6 Å². The summed E-state index contributed by atoms with van der Waals surface area (Å²) >= 11 is 1.61. The largest absolute Gasteiger partial charge is 0.486 e. The number of carbonyl (C=O) groups excluding carboxylic acids is 1. The van der Waals surface area contributed by atoms with Crippen LogP contribution < -0.4 is 14.8 Å². The maximum absolute atomic E-state index is 11.7. The Labute approximate surface area is 139 Å². The Bertz CT molecular complexity index is 680. The fraction of sp³-hybridized carbons (Fsp3) is 0.278. The van der Waals surface area contributed by atoms with E-state index >= 15 is 0 Å². The first-order chi connectivity index (χ1) is 11.3. The molecule has 1 N–H and O–H groups in total. The van der Waals surface area contributed by atoms with Crippen molar-refractivity contribution in [1.29, 1.82) is 0 Å². The van der Waals surface area contributed by atoms with E-state index in [1.165, 1.54) is 0 Å². The average molecular weight is 329 g/mol. The van der Waals surface area contributed by atoms with E-state index in [0.717, 1.165) is 28.4 Å². The highest BCUT2D eigenvalue weighted by molar-refractivity contribution is 7.10. The van der Waals surface area contributed by atoms with Crippen LogP contribution in [-0.2, 0) is 11.2 Å². The summed E-state index contributed by atoms with van der Waals surface area (Å²) in [5.41, 5.74) is 1.07. The first-order valence-electron chi connectivity index (χ1n) is 7.66. The number of nitrogens with one attached hydrogen (secondary N) is 1. The number of amides is 1. The van der Waals surface area contributed by atoms with Crippen LogP contribution in [0.2, 0.25) is 0 Å². The molecule has 2 heterocycles. The summed E-state index contributed by atoms with van der Waals surface area (Å²) in [6, 6.07) is 9.84. The predicted octanol–water partition coefficient (Wildman–Crippen LogP) is 3.28. The second kappa shape index (κ2) is 7.83. The van der Waals surface area contributed by atoms with Crippen LogP contribution in [0.3, 0.4) is 0 Å². The minimum Gasteiger partial charge on any atom is -0.486 e. The van der Waals surface area contributed by atoms with Gasteiger partial charge in [-0.15, -0.1) is 11.3 Å². The van der Waals surface area contributed by atoms with Crippen molar-refractivity contribution in [2.45, 2.75) is 12.8 Å². The molecule has 0 saturated carbocycles. The second-order valence-electron chi connectivity index (χ2n) is 5.20. The summed E-state index contributed by atoms with van der Waals surface area (Å²) in [6.07, 6.45) is 5.34. The lowest BCUT2D eigenvalue weighted by molar-refractivity contribution is -0.120. The third-order valence-corrected chi connectivity index (χ3v) is 4.30. The number of rotatable bonds is 6. The Hall–Kier alpha value is -2.27. The van der Waals surface area contributed by atoms with E-state index in [0.29, 0.717) is 26.2 Å². The van der Waals surface area contributed by atoms with Gasteiger partial charge >= 0.3 is 0 Å². The summed E-state index contributed by atoms with van der Waals surface area (Å²) < 4.78 is 11.1. The van der Waals surface area contributed by atoms with E-state index in [-0.39, 0.29) is 5.91 Å². The van der Waals surface area contributed by atoms with E-state index < -0.39 is 0 Å². The zero-order chi connectivity index (χ0) is 15.9. The van der Waals surface area contributed by atoms with Gasteiger partial charge < -0.3 is 14.8 Å². The molecule has 1 amide bonds.